The van der Waals surface area contributed by atoms with Crippen LogP contribution in [0.2, 0.25) is 0 Å². The van der Waals surface area contributed by atoms with Crippen molar-refractivity contribution >= 4 is 11.7 Å². The third-order valence-electron chi connectivity index (χ3n) is 2.84. The summed E-state index contributed by atoms with van der Waals surface area (Å²) in [4.78, 5) is 18.6. The molecule has 1 amide bonds. The summed E-state index contributed by atoms with van der Waals surface area (Å²) < 4.78 is 37.3. The number of halogens is 3. The Morgan fingerprint density at radius 1 is 1.16 bits per heavy atom. The largest absolute Gasteiger partial charge is 0.434 e. The molecule has 1 aromatic rings. The van der Waals surface area contributed by atoms with Crippen molar-refractivity contribution < 1.29 is 18.0 Å². The molecule has 0 aromatic carbocycles. The van der Waals surface area contributed by atoms with Gasteiger partial charge in [0.25, 0.3) is 0 Å². The minimum atomic E-state index is -4.58. The molecule has 1 fully saturated rings. The Balaban J connectivity index is 0. The molecular formula is C17H31F3N4O. The first-order valence-corrected chi connectivity index (χ1v) is 8.80. The average molecular weight is 364 g/mol. The molecule has 2 rings (SSSR count). The summed E-state index contributed by atoms with van der Waals surface area (Å²) in [7, 11) is 0. The van der Waals surface area contributed by atoms with Crippen molar-refractivity contribution in [2.45, 2.75) is 67.1 Å². The van der Waals surface area contributed by atoms with E-state index >= 15 is 0 Å². The van der Waals surface area contributed by atoms with Gasteiger partial charge in [0.15, 0.2) is 11.5 Å². The minimum absolute atomic E-state index is 0.193. The Morgan fingerprint density at radius 2 is 1.72 bits per heavy atom. The van der Waals surface area contributed by atoms with Crippen molar-refractivity contribution in [2.75, 3.05) is 11.9 Å². The lowest BCUT2D eigenvalue weighted by Gasteiger charge is -2.11. The lowest BCUT2D eigenvalue weighted by molar-refractivity contribution is -0.141. The van der Waals surface area contributed by atoms with Crippen molar-refractivity contribution in [2.24, 2.45) is 5.92 Å². The summed E-state index contributed by atoms with van der Waals surface area (Å²) in [5, 5.41) is 5.33. The zero-order valence-corrected chi connectivity index (χ0v) is 16.2. The van der Waals surface area contributed by atoms with E-state index in [1.807, 2.05) is 48.5 Å². The second-order valence-corrected chi connectivity index (χ2v) is 4.58. The summed E-state index contributed by atoms with van der Waals surface area (Å²) in [6, 6.07) is -0.397. The molecule has 1 aromatic heterocycles. The maximum absolute atomic E-state index is 12.4. The molecule has 0 spiro atoms. The lowest BCUT2D eigenvalue weighted by Crippen LogP contribution is -2.35. The number of hydrogen-bond acceptors (Lipinski definition) is 4. The number of anilines is 1. The molecule has 2 N–H and O–H groups in total. The van der Waals surface area contributed by atoms with Crippen LogP contribution in [0.5, 0.6) is 0 Å². The first-order valence-electron chi connectivity index (χ1n) is 8.80. The molecule has 1 aliphatic heterocycles. The highest BCUT2D eigenvalue weighted by molar-refractivity contribution is 5.94. The van der Waals surface area contributed by atoms with Gasteiger partial charge >= 0.3 is 6.18 Å². The van der Waals surface area contributed by atoms with Gasteiger partial charge in [-0.05, 0) is 18.9 Å². The van der Waals surface area contributed by atoms with Gasteiger partial charge in [0, 0.05) is 0 Å². The number of rotatable bonds is 2. The summed E-state index contributed by atoms with van der Waals surface area (Å²) in [6.07, 6.45) is -2.22. The number of nitrogens with zero attached hydrogens (tertiary/aromatic N) is 2. The molecule has 2 atom stereocenters. The molecule has 0 bridgehead atoms. The highest BCUT2D eigenvalue weighted by Gasteiger charge is 2.33. The minimum Gasteiger partial charge on any atom is -0.308 e. The third-order valence-corrected chi connectivity index (χ3v) is 2.84. The summed E-state index contributed by atoms with van der Waals surface area (Å²) >= 11 is 0. The van der Waals surface area contributed by atoms with Gasteiger partial charge in [-0.25, -0.2) is 4.98 Å². The molecule has 2 heterocycles. The zero-order chi connectivity index (χ0) is 20.0. The molecule has 0 saturated carbocycles. The van der Waals surface area contributed by atoms with Gasteiger partial charge < -0.3 is 10.6 Å². The second-order valence-electron chi connectivity index (χ2n) is 4.58. The summed E-state index contributed by atoms with van der Waals surface area (Å²) in [5.41, 5.74) is -1.13. The number of alkyl halides is 3. The second kappa shape index (κ2) is 13.6. The van der Waals surface area contributed by atoms with Gasteiger partial charge in [0.2, 0.25) is 5.91 Å². The third kappa shape index (κ3) is 9.38. The van der Waals surface area contributed by atoms with Crippen molar-refractivity contribution in [1.82, 2.24) is 15.3 Å². The number of hydrogen-bond donors (Lipinski definition) is 2. The molecule has 0 radical (unpaired) electrons. The number of nitrogens with one attached hydrogen (secondary N) is 2. The Hall–Kier alpha value is -1.70. The van der Waals surface area contributed by atoms with Crippen LogP contribution in [0.15, 0.2) is 12.4 Å². The maximum atomic E-state index is 12.4. The van der Waals surface area contributed by atoms with Crippen LogP contribution in [0.25, 0.3) is 0 Å². The molecule has 8 heteroatoms. The Morgan fingerprint density at radius 3 is 2.16 bits per heavy atom. The normalized spacial score (nSPS) is 18.5. The Labute approximate surface area is 148 Å². The van der Waals surface area contributed by atoms with E-state index in [2.05, 4.69) is 20.6 Å². The molecule has 146 valence electrons. The zero-order valence-electron chi connectivity index (χ0n) is 16.2. The van der Waals surface area contributed by atoms with Gasteiger partial charge in [-0.3, -0.25) is 9.78 Å². The smallest absolute Gasteiger partial charge is 0.308 e. The summed E-state index contributed by atoms with van der Waals surface area (Å²) in [5.74, 6) is -0.220. The predicted octanol–water partition coefficient (Wildman–Crippen LogP) is 4.51. The molecule has 5 nitrogen and oxygen atoms in total. The molecule has 2 unspecified atom stereocenters. The number of carbonyl (C=O) groups is 1. The van der Waals surface area contributed by atoms with Crippen LogP contribution >= 0.6 is 0 Å². The molecule has 0 aliphatic carbocycles. The summed E-state index contributed by atoms with van der Waals surface area (Å²) in [6.45, 7) is 14.7. The van der Waals surface area contributed by atoms with Crippen molar-refractivity contribution in [3.63, 3.8) is 0 Å². The van der Waals surface area contributed by atoms with Gasteiger partial charge in [-0.1, -0.05) is 48.5 Å². The quantitative estimate of drug-likeness (QED) is 0.810. The van der Waals surface area contributed by atoms with E-state index in [-0.39, 0.29) is 5.82 Å². The van der Waals surface area contributed by atoms with Gasteiger partial charge in [-0.2, -0.15) is 13.2 Å². The fraction of sp³-hybridized carbons (Fsp3) is 0.706. The fourth-order valence-electron chi connectivity index (χ4n) is 1.89. The van der Waals surface area contributed by atoms with Crippen LogP contribution in [-0.2, 0) is 11.0 Å². The highest BCUT2D eigenvalue weighted by Crippen LogP contribution is 2.27. The highest BCUT2D eigenvalue weighted by atomic mass is 19.4. The van der Waals surface area contributed by atoms with Crippen molar-refractivity contribution in [3.05, 3.63) is 18.1 Å². The van der Waals surface area contributed by atoms with Crippen LogP contribution in [0, 0.1) is 5.92 Å². The number of aromatic nitrogens is 2. The molecule has 25 heavy (non-hydrogen) atoms. The fourth-order valence-corrected chi connectivity index (χ4v) is 1.89. The van der Waals surface area contributed by atoms with Crippen LogP contribution in [-0.4, -0.2) is 28.5 Å². The van der Waals surface area contributed by atoms with Gasteiger partial charge in [-0.15, -0.1) is 0 Å². The number of carbonyl (C=O) groups excluding carboxylic acids is 1. The number of amides is 1. The van der Waals surface area contributed by atoms with Crippen molar-refractivity contribution in [1.29, 1.82) is 0 Å². The SMILES string of the molecule is CC.CC.CC.CC1CNC(C(=O)Nc2cncc(C(F)(F)F)n2)C1. The molecular weight excluding hydrogens is 333 g/mol. The molecule has 1 saturated heterocycles. The van der Waals surface area contributed by atoms with E-state index in [1.165, 1.54) is 0 Å². The van der Waals surface area contributed by atoms with E-state index in [0.717, 1.165) is 6.20 Å². The molecule has 1 aliphatic rings. The van der Waals surface area contributed by atoms with E-state index in [0.29, 0.717) is 25.1 Å². The van der Waals surface area contributed by atoms with E-state index in [1.54, 1.807) is 0 Å². The van der Waals surface area contributed by atoms with Crippen molar-refractivity contribution in [3.8, 4) is 0 Å². The predicted molar refractivity (Wildman–Crippen MR) is 95.3 cm³/mol. The van der Waals surface area contributed by atoms with Crippen LogP contribution < -0.4 is 10.6 Å². The first kappa shape index (κ1) is 25.5. The lowest BCUT2D eigenvalue weighted by atomic mass is 10.1. The van der Waals surface area contributed by atoms with E-state index in [4.69, 9.17) is 0 Å². The van der Waals surface area contributed by atoms with Gasteiger partial charge in [0.05, 0.1) is 18.4 Å². The monoisotopic (exact) mass is 364 g/mol. The average Bonchev–Trinajstić information content (AvgIpc) is 3.06. The topological polar surface area (TPSA) is 66.9 Å². The Bertz CT molecular complexity index is 481. The standard InChI is InChI=1S/C11H13F3N4O.3C2H6/c1-6-2-7(16-3-6)10(19)18-9-5-15-4-8(17-9)11(12,13)14;3*1-2/h4-7,16H,2-3H2,1H3,(H,17,18,19);3*1-2H3. The Kier molecular flexibility index (Phi) is 13.9. The van der Waals surface area contributed by atoms with Gasteiger partial charge in [0.1, 0.15) is 0 Å². The maximum Gasteiger partial charge on any atom is 0.434 e. The van der Waals surface area contributed by atoms with E-state index in [9.17, 15) is 18.0 Å². The first-order chi connectivity index (χ1) is 11.9. The van der Waals surface area contributed by atoms with Crippen LogP contribution in [0.3, 0.4) is 0 Å². The van der Waals surface area contributed by atoms with Crippen LogP contribution in [0.4, 0.5) is 19.0 Å². The van der Waals surface area contributed by atoms with E-state index < -0.39 is 23.8 Å². The van der Waals surface area contributed by atoms with Crippen LogP contribution in [0.1, 0.15) is 60.6 Å².